The zero-order valence-corrected chi connectivity index (χ0v) is 13.1. The van der Waals surface area contributed by atoms with E-state index in [1.54, 1.807) is 6.07 Å². The number of thiocarbonyl (C=S) groups is 1. The zero-order valence-electron chi connectivity index (χ0n) is 9.98. The van der Waals surface area contributed by atoms with Crippen LogP contribution in [0.3, 0.4) is 0 Å². The number of thiophene rings is 1. The van der Waals surface area contributed by atoms with Crippen molar-refractivity contribution in [2.75, 3.05) is 6.54 Å². The molecule has 4 nitrogen and oxygen atoms in total. The third-order valence-electron chi connectivity index (χ3n) is 2.48. The van der Waals surface area contributed by atoms with Crippen LogP contribution >= 0.6 is 46.8 Å². The van der Waals surface area contributed by atoms with Crippen LogP contribution in [-0.2, 0) is 9.59 Å². The van der Waals surface area contributed by atoms with Gasteiger partial charge in [-0.3, -0.25) is 19.8 Å². The van der Waals surface area contributed by atoms with Gasteiger partial charge in [0.2, 0.25) is 0 Å². The van der Waals surface area contributed by atoms with Crippen LogP contribution in [0.5, 0.6) is 0 Å². The van der Waals surface area contributed by atoms with Crippen molar-refractivity contribution in [3.05, 3.63) is 38.5 Å². The number of amides is 2. The summed E-state index contributed by atoms with van der Waals surface area (Å²) in [7, 11) is 0. The first-order chi connectivity index (χ1) is 9.43. The highest BCUT2D eigenvalue weighted by Crippen LogP contribution is 2.33. The highest BCUT2D eigenvalue weighted by atomic mass is 35.5. The Morgan fingerprint density at radius 3 is 2.70 bits per heavy atom. The molecule has 0 atom stereocenters. The van der Waals surface area contributed by atoms with E-state index in [-0.39, 0.29) is 17.2 Å². The number of nitrogens with one attached hydrogen (secondary N) is 1. The number of nitrogens with zero attached hydrogens (tertiary/aromatic N) is 1. The Balaban J connectivity index is 2.41. The fourth-order valence-electron chi connectivity index (χ4n) is 1.60. The maximum Gasteiger partial charge on any atom is 0.265 e. The molecule has 20 heavy (non-hydrogen) atoms. The summed E-state index contributed by atoms with van der Waals surface area (Å²) >= 11 is 17.9. The number of carbonyl (C=O) groups is 2. The van der Waals surface area contributed by atoms with Crippen LogP contribution in [0.1, 0.15) is 5.56 Å². The van der Waals surface area contributed by atoms with E-state index in [1.165, 1.54) is 17.1 Å². The summed E-state index contributed by atoms with van der Waals surface area (Å²) < 4.78 is 0.885. The lowest BCUT2D eigenvalue weighted by atomic mass is 10.1. The predicted molar refractivity (Wildman–Crippen MR) is 85.0 cm³/mol. The van der Waals surface area contributed by atoms with E-state index >= 15 is 0 Å². The molecule has 2 rings (SSSR count). The molecule has 104 valence electrons. The van der Waals surface area contributed by atoms with Gasteiger partial charge in [0.05, 0.1) is 4.34 Å². The zero-order chi connectivity index (χ0) is 14.9. The minimum atomic E-state index is -0.557. The molecule has 0 unspecified atom stereocenters. The van der Waals surface area contributed by atoms with Crippen molar-refractivity contribution in [1.82, 2.24) is 10.2 Å². The third kappa shape index (κ3) is 2.93. The van der Waals surface area contributed by atoms with E-state index in [0.717, 1.165) is 11.3 Å². The van der Waals surface area contributed by atoms with Crippen LogP contribution in [0.2, 0.25) is 8.67 Å². The molecule has 1 fully saturated rings. The molecule has 1 saturated heterocycles. The standard InChI is InChI=1S/C12H8Cl2N2O2S2/c1-2-3-16-11(18)7(10(17)15-12(16)19)4-6-5-8(13)20-9(6)14/h2,4-5H,1,3H2,(H,15,17,19). The fraction of sp³-hybridized carbons (Fsp3) is 0.0833. The monoisotopic (exact) mass is 346 g/mol. The van der Waals surface area contributed by atoms with Crippen LogP contribution in [0.25, 0.3) is 6.08 Å². The quantitative estimate of drug-likeness (QED) is 0.396. The first-order valence-corrected chi connectivity index (χ1v) is 7.36. The van der Waals surface area contributed by atoms with Gasteiger partial charge in [0.1, 0.15) is 9.91 Å². The van der Waals surface area contributed by atoms with E-state index in [2.05, 4.69) is 11.9 Å². The van der Waals surface area contributed by atoms with Gasteiger partial charge in [-0.25, -0.2) is 0 Å². The Bertz CT molecular complexity index is 652. The van der Waals surface area contributed by atoms with Crippen LogP contribution in [0, 0.1) is 0 Å². The van der Waals surface area contributed by atoms with Gasteiger partial charge in [0.25, 0.3) is 11.8 Å². The molecule has 0 bridgehead atoms. The van der Waals surface area contributed by atoms with E-state index in [1.807, 2.05) is 0 Å². The molecule has 0 saturated carbocycles. The molecular weight excluding hydrogens is 339 g/mol. The lowest BCUT2D eigenvalue weighted by Crippen LogP contribution is -2.53. The highest BCUT2D eigenvalue weighted by molar-refractivity contribution is 7.80. The molecule has 1 aromatic heterocycles. The van der Waals surface area contributed by atoms with E-state index in [4.69, 9.17) is 35.4 Å². The van der Waals surface area contributed by atoms with Gasteiger partial charge in [0.15, 0.2) is 5.11 Å². The lowest BCUT2D eigenvalue weighted by Gasteiger charge is -2.27. The predicted octanol–water partition coefficient (Wildman–Crippen LogP) is 2.87. The summed E-state index contributed by atoms with van der Waals surface area (Å²) in [5, 5.41) is 2.51. The molecule has 1 aromatic rings. The first-order valence-electron chi connectivity index (χ1n) is 5.38. The Morgan fingerprint density at radius 1 is 1.45 bits per heavy atom. The minimum absolute atomic E-state index is 0.0446. The second-order valence-corrected chi connectivity index (χ2v) is 6.47. The molecular formula is C12H8Cl2N2O2S2. The Morgan fingerprint density at radius 2 is 2.15 bits per heavy atom. The van der Waals surface area contributed by atoms with Crippen molar-refractivity contribution in [3.63, 3.8) is 0 Å². The lowest BCUT2D eigenvalue weighted by molar-refractivity contribution is -0.128. The molecule has 0 aromatic carbocycles. The van der Waals surface area contributed by atoms with Gasteiger partial charge in [-0.1, -0.05) is 29.3 Å². The number of halogens is 2. The first kappa shape index (κ1) is 15.2. The largest absolute Gasteiger partial charge is 0.298 e. The van der Waals surface area contributed by atoms with Crippen molar-refractivity contribution < 1.29 is 9.59 Å². The normalized spacial score (nSPS) is 17.6. The second kappa shape index (κ2) is 6.05. The highest BCUT2D eigenvalue weighted by Gasteiger charge is 2.32. The molecule has 0 radical (unpaired) electrons. The smallest absolute Gasteiger partial charge is 0.265 e. The molecule has 1 N–H and O–H groups in total. The van der Waals surface area contributed by atoms with Gasteiger partial charge in [0, 0.05) is 12.1 Å². The molecule has 1 aliphatic heterocycles. The van der Waals surface area contributed by atoms with Crippen LogP contribution in [0.15, 0.2) is 24.3 Å². The SMILES string of the molecule is C=CCN1C(=O)C(=Cc2cc(Cl)sc2Cl)C(=O)NC1=S. The molecule has 1 aliphatic rings. The van der Waals surface area contributed by atoms with Crippen molar-refractivity contribution in [1.29, 1.82) is 0 Å². The molecule has 2 amide bonds. The van der Waals surface area contributed by atoms with Gasteiger partial charge >= 0.3 is 0 Å². The van der Waals surface area contributed by atoms with E-state index in [0.29, 0.717) is 14.2 Å². The summed E-state index contributed by atoms with van der Waals surface area (Å²) in [5.41, 5.74) is 0.475. The second-order valence-electron chi connectivity index (χ2n) is 3.80. The molecule has 0 aliphatic carbocycles. The fourth-order valence-corrected chi connectivity index (χ4v) is 3.26. The van der Waals surface area contributed by atoms with Crippen molar-refractivity contribution in [3.8, 4) is 0 Å². The maximum absolute atomic E-state index is 12.2. The topological polar surface area (TPSA) is 49.4 Å². The molecule has 2 heterocycles. The van der Waals surface area contributed by atoms with Gasteiger partial charge in [-0.2, -0.15) is 0 Å². The number of hydrogen-bond acceptors (Lipinski definition) is 4. The Kier molecular flexibility index (Phi) is 4.59. The summed E-state index contributed by atoms with van der Waals surface area (Å²) in [6.07, 6.45) is 2.92. The average molecular weight is 347 g/mol. The van der Waals surface area contributed by atoms with Gasteiger partial charge < -0.3 is 0 Å². The number of hydrogen-bond donors (Lipinski definition) is 1. The van der Waals surface area contributed by atoms with Crippen molar-refractivity contribution in [2.24, 2.45) is 0 Å². The van der Waals surface area contributed by atoms with Crippen molar-refractivity contribution >= 4 is 69.8 Å². The molecule has 0 spiro atoms. The minimum Gasteiger partial charge on any atom is -0.298 e. The van der Waals surface area contributed by atoms with Crippen LogP contribution in [0.4, 0.5) is 0 Å². The third-order valence-corrected chi connectivity index (χ3v) is 4.32. The van der Waals surface area contributed by atoms with E-state index in [9.17, 15) is 9.59 Å². The maximum atomic E-state index is 12.2. The Labute approximate surface area is 134 Å². The van der Waals surface area contributed by atoms with E-state index < -0.39 is 11.8 Å². The van der Waals surface area contributed by atoms with Crippen LogP contribution < -0.4 is 5.32 Å². The van der Waals surface area contributed by atoms with Crippen LogP contribution in [-0.4, -0.2) is 28.4 Å². The van der Waals surface area contributed by atoms with Gasteiger partial charge in [-0.15, -0.1) is 17.9 Å². The van der Waals surface area contributed by atoms with Crippen molar-refractivity contribution in [2.45, 2.75) is 0 Å². The average Bonchev–Trinajstić information content (AvgIpc) is 2.68. The Hall–Kier alpha value is -1.21. The summed E-state index contributed by atoms with van der Waals surface area (Å²) in [5.74, 6) is -1.05. The summed E-state index contributed by atoms with van der Waals surface area (Å²) in [6.45, 7) is 3.76. The molecule has 8 heteroatoms. The van der Waals surface area contributed by atoms with Gasteiger partial charge in [-0.05, 0) is 24.4 Å². The number of carbonyl (C=O) groups excluding carboxylic acids is 2. The summed E-state index contributed by atoms with van der Waals surface area (Å²) in [4.78, 5) is 25.4. The number of rotatable bonds is 3. The summed E-state index contributed by atoms with van der Waals surface area (Å²) in [6, 6.07) is 1.59.